The summed E-state index contributed by atoms with van der Waals surface area (Å²) in [5, 5.41) is 6.29. The summed E-state index contributed by atoms with van der Waals surface area (Å²) in [5.74, 6) is 1.28. The second kappa shape index (κ2) is 7.92. The van der Waals surface area contributed by atoms with E-state index >= 15 is 0 Å². The number of thioether (sulfide) groups is 1. The minimum absolute atomic E-state index is 0.0105. The van der Waals surface area contributed by atoms with Crippen molar-refractivity contribution in [2.75, 3.05) is 44.7 Å². The van der Waals surface area contributed by atoms with Crippen molar-refractivity contribution in [1.29, 1.82) is 0 Å². The fraction of sp³-hybridized carbons (Fsp3) is 0.909. The summed E-state index contributed by atoms with van der Waals surface area (Å²) in [5.41, 5.74) is 0. The molecule has 2 N–H and O–H groups in total. The lowest BCUT2D eigenvalue weighted by Crippen LogP contribution is -2.52. The van der Waals surface area contributed by atoms with Crippen molar-refractivity contribution < 1.29 is 4.79 Å². The van der Waals surface area contributed by atoms with E-state index in [4.69, 9.17) is 0 Å². The van der Waals surface area contributed by atoms with Gasteiger partial charge < -0.3 is 10.6 Å². The number of nitrogens with one attached hydrogen (secondary N) is 2. The molecule has 0 spiro atoms. The van der Waals surface area contributed by atoms with Gasteiger partial charge in [-0.25, -0.2) is 0 Å². The zero-order chi connectivity index (χ0) is 11.8. The van der Waals surface area contributed by atoms with Crippen molar-refractivity contribution in [3.8, 4) is 0 Å². The lowest BCUT2D eigenvalue weighted by Gasteiger charge is -2.31. The zero-order valence-electron chi connectivity index (χ0n) is 10.3. The van der Waals surface area contributed by atoms with Crippen LogP contribution in [0.4, 0.5) is 0 Å². The van der Waals surface area contributed by atoms with Crippen molar-refractivity contribution in [3.63, 3.8) is 0 Å². The van der Waals surface area contributed by atoms with Crippen molar-refractivity contribution in [3.05, 3.63) is 0 Å². The Labute approximate surface area is 103 Å². The molecule has 0 aromatic heterocycles. The van der Waals surface area contributed by atoms with Crippen molar-refractivity contribution in [1.82, 2.24) is 15.5 Å². The van der Waals surface area contributed by atoms with Gasteiger partial charge in [0.2, 0.25) is 5.91 Å². The standard InChI is InChI=1S/C11H23N3OS/c1-10(14-7-5-12-6-8-14)11(15)13-4-3-9-16-2/h10,12H,3-9H2,1-2H3,(H,13,15). The minimum Gasteiger partial charge on any atom is -0.355 e. The molecule has 1 fully saturated rings. The first-order chi connectivity index (χ1) is 7.75. The van der Waals surface area contributed by atoms with Crippen LogP contribution in [0, 0.1) is 0 Å². The molecule has 1 aliphatic rings. The number of piperazine rings is 1. The summed E-state index contributed by atoms with van der Waals surface area (Å²) in [6.07, 6.45) is 3.15. The zero-order valence-corrected chi connectivity index (χ0v) is 11.1. The molecule has 0 aromatic carbocycles. The predicted molar refractivity (Wildman–Crippen MR) is 69.9 cm³/mol. The van der Waals surface area contributed by atoms with Crippen LogP contribution in [0.15, 0.2) is 0 Å². The second-order valence-electron chi connectivity index (χ2n) is 4.10. The summed E-state index contributed by atoms with van der Waals surface area (Å²) in [6.45, 7) is 6.72. The van der Waals surface area contributed by atoms with Crippen LogP contribution in [-0.4, -0.2) is 61.6 Å². The fourth-order valence-electron chi connectivity index (χ4n) is 1.81. The Morgan fingerprint density at radius 2 is 2.19 bits per heavy atom. The Hall–Kier alpha value is -0.260. The summed E-state index contributed by atoms with van der Waals surface area (Å²) in [6, 6.07) is 0.0105. The van der Waals surface area contributed by atoms with Crippen LogP contribution in [0.1, 0.15) is 13.3 Å². The molecule has 94 valence electrons. The number of hydrogen-bond acceptors (Lipinski definition) is 4. The van der Waals surface area contributed by atoms with Crippen molar-refractivity contribution in [2.24, 2.45) is 0 Å². The van der Waals surface area contributed by atoms with Gasteiger partial charge in [-0.2, -0.15) is 11.8 Å². The number of carbonyl (C=O) groups is 1. The first-order valence-electron chi connectivity index (χ1n) is 5.97. The van der Waals surface area contributed by atoms with Gasteiger partial charge in [-0.1, -0.05) is 0 Å². The summed E-state index contributed by atoms with van der Waals surface area (Å²) in [4.78, 5) is 14.1. The lowest BCUT2D eigenvalue weighted by atomic mass is 10.2. The average molecular weight is 245 g/mol. The highest BCUT2D eigenvalue weighted by Gasteiger charge is 2.21. The lowest BCUT2D eigenvalue weighted by molar-refractivity contribution is -0.126. The molecule has 1 heterocycles. The Balaban J connectivity index is 2.18. The molecule has 1 amide bonds. The largest absolute Gasteiger partial charge is 0.355 e. The SMILES string of the molecule is CSCCCNC(=O)C(C)N1CCNCC1. The molecule has 4 nitrogen and oxygen atoms in total. The number of rotatable bonds is 6. The van der Waals surface area contributed by atoms with Crippen LogP contribution < -0.4 is 10.6 Å². The van der Waals surface area contributed by atoms with E-state index < -0.39 is 0 Å². The van der Waals surface area contributed by atoms with E-state index in [1.54, 1.807) is 0 Å². The molecule has 5 heteroatoms. The molecule has 0 aromatic rings. The van der Waals surface area contributed by atoms with Gasteiger partial charge in [0.25, 0.3) is 0 Å². The number of nitrogens with zero attached hydrogens (tertiary/aromatic N) is 1. The summed E-state index contributed by atoms with van der Waals surface area (Å²) >= 11 is 1.82. The maximum Gasteiger partial charge on any atom is 0.237 e. The maximum absolute atomic E-state index is 11.8. The third kappa shape index (κ3) is 4.72. The summed E-state index contributed by atoms with van der Waals surface area (Å²) < 4.78 is 0. The van der Waals surface area contributed by atoms with Gasteiger partial charge in [0, 0.05) is 32.7 Å². The molecule has 16 heavy (non-hydrogen) atoms. The molecule has 1 unspecified atom stereocenters. The topological polar surface area (TPSA) is 44.4 Å². The van der Waals surface area contributed by atoms with Crippen molar-refractivity contribution >= 4 is 17.7 Å². The van der Waals surface area contributed by atoms with Gasteiger partial charge in [-0.05, 0) is 25.4 Å². The Morgan fingerprint density at radius 3 is 2.81 bits per heavy atom. The normalized spacial score (nSPS) is 19.4. The van der Waals surface area contributed by atoms with Gasteiger partial charge in [0.1, 0.15) is 0 Å². The minimum atomic E-state index is 0.0105. The molecule has 0 aliphatic carbocycles. The number of amides is 1. The van der Waals surface area contributed by atoms with Gasteiger partial charge in [-0.3, -0.25) is 9.69 Å². The number of hydrogen-bond donors (Lipinski definition) is 2. The Kier molecular flexibility index (Phi) is 6.84. The molecule has 1 saturated heterocycles. The molecule has 1 rings (SSSR count). The third-order valence-electron chi connectivity index (χ3n) is 2.90. The van der Waals surface area contributed by atoms with E-state index in [0.29, 0.717) is 0 Å². The highest BCUT2D eigenvalue weighted by atomic mass is 32.2. The van der Waals surface area contributed by atoms with Gasteiger partial charge in [0.05, 0.1) is 6.04 Å². The molecule has 1 aliphatic heterocycles. The fourth-order valence-corrected chi connectivity index (χ4v) is 2.24. The highest BCUT2D eigenvalue weighted by Crippen LogP contribution is 2.01. The van der Waals surface area contributed by atoms with E-state index in [2.05, 4.69) is 21.8 Å². The van der Waals surface area contributed by atoms with Crippen LogP contribution in [-0.2, 0) is 4.79 Å². The molecule has 1 atom stereocenters. The van der Waals surface area contributed by atoms with Crippen LogP contribution >= 0.6 is 11.8 Å². The Morgan fingerprint density at radius 1 is 1.50 bits per heavy atom. The van der Waals surface area contributed by atoms with Crippen LogP contribution in [0.5, 0.6) is 0 Å². The molecule has 0 radical (unpaired) electrons. The molecule has 0 saturated carbocycles. The smallest absolute Gasteiger partial charge is 0.237 e. The van der Waals surface area contributed by atoms with E-state index in [1.807, 2.05) is 18.7 Å². The Bertz CT molecular complexity index is 207. The van der Waals surface area contributed by atoms with E-state index in [1.165, 1.54) is 0 Å². The van der Waals surface area contributed by atoms with E-state index in [9.17, 15) is 4.79 Å². The molecular weight excluding hydrogens is 222 g/mol. The second-order valence-corrected chi connectivity index (χ2v) is 5.08. The van der Waals surface area contributed by atoms with Crippen molar-refractivity contribution in [2.45, 2.75) is 19.4 Å². The van der Waals surface area contributed by atoms with Gasteiger partial charge >= 0.3 is 0 Å². The van der Waals surface area contributed by atoms with Crippen LogP contribution in [0.3, 0.4) is 0 Å². The van der Waals surface area contributed by atoms with E-state index in [-0.39, 0.29) is 11.9 Å². The van der Waals surface area contributed by atoms with Crippen LogP contribution in [0.2, 0.25) is 0 Å². The first kappa shape index (κ1) is 13.8. The van der Waals surface area contributed by atoms with Crippen LogP contribution in [0.25, 0.3) is 0 Å². The van der Waals surface area contributed by atoms with Gasteiger partial charge in [-0.15, -0.1) is 0 Å². The summed E-state index contributed by atoms with van der Waals surface area (Å²) in [7, 11) is 0. The number of carbonyl (C=O) groups excluding carboxylic acids is 1. The predicted octanol–water partition coefficient (Wildman–Crippen LogP) is 0.149. The maximum atomic E-state index is 11.8. The monoisotopic (exact) mass is 245 g/mol. The highest BCUT2D eigenvalue weighted by molar-refractivity contribution is 7.98. The quantitative estimate of drug-likeness (QED) is 0.654. The third-order valence-corrected chi connectivity index (χ3v) is 3.60. The molecule has 0 bridgehead atoms. The molecular formula is C11H23N3OS. The van der Waals surface area contributed by atoms with Gasteiger partial charge in [0.15, 0.2) is 0 Å². The first-order valence-corrected chi connectivity index (χ1v) is 7.36. The van der Waals surface area contributed by atoms with E-state index in [0.717, 1.165) is 44.9 Å². The average Bonchev–Trinajstić information content (AvgIpc) is 2.34.